The van der Waals surface area contributed by atoms with Crippen LogP contribution in [0.2, 0.25) is 5.02 Å². The van der Waals surface area contributed by atoms with Crippen LogP contribution in [0, 0.1) is 0 Å². The van der Waals surface area contributed by atoms with E-state index in [2.05, 4.69) is 25.2 Å². The van der Waals surface area contributed by atoms with Crippen molar-refractivity contribution in [2.24, 2.45) is 0 Å². The number of H-pyrrole nitrogens is 1. The number of aromatic amines is 1. The summed E-state index contributed by atoms with van der Waals surface area (Å²) in [4.78, 5) is 6.61. The second-order valence-corrected chi connectivity index (χ2v) is 6.97. The third-order valence-electron chi connectivity index (χ3n) is 4.52. The highest BCUT2D eigenvalue weighted by Gasteiger charge is 2.18. The van der Waals surface area contributed by atoms with Crippen molar-refractivity contribution in [1.82, 2.24) is 25.2 Å². The number of aromatic nitrogens is 4. The maximum Gasteiger partial charge on any atom is 0.241 e. The van der Waals surface area contributed by atoms with Crippen molar-refractivity contribution in [2.75, 3.05) is 7.05 Å². The first-order valence-electron chi connectivity index (χ1n) is 8.51. The number of fused-ring (bicyclic) bond motifs is 1. The van der Waals surface area contributed by atoms with Gasteiger partial charge in [-0.05, 0) is 50.4 Å². The van der Waals surface area contributed by atoms with Crippen molar-refractivity contribution in [3.05, 3.63) is 52.1 Å². The maximum atomic E-state index is 6.02. The zero-order chi connectivity index (χ0) is 17.2. The first-order chi connectivity index (χ1) is 12.2. The third-order valence-corrected chi connectivity index (χ3v) is 4.75. The van der Waals surface area contributed by atoms with Gasteiger partial charge in [0.05, 0.1) is 12.2 Å². The summed E-state index contributed by atoms with van der Waals surface area (Å²) in [6, 6.07) is 7.45. The van der Waals surface area contributed by atoms with Crippen LogP contribution in [-0.4, -0.2) is 32.3 Å². The Bertz CT molecular complexity index is 872. The summed E-state index contributed by atoms with van der Waals surface area (Å²) in [6.45, 7) is 1.34. The predicted octanol–water partition coefficient (Wildman–Crippen LogP) is 3.62. The second-order valence-electron chi connectivity index (χ2n) is 6.53. The molecule has 0 radical (unpaired) electrons. The minimum Gasteiger partial charge on any atom is -0.338 e. The highest BCUT2D eigenvalue weighted by atomic mass is 35.5. The molecule has 1 aromatic carbocycles. The first-order valence-corrected chi connectivity index (χ1v) is 8.89. The van der Waals surface area contributed by atoms with Gasteiger partial charge in [-0.2, -0.15) is 10.1 Å². The third kappa shape index (κ3) is 3.60. The summed E-state index contributed by atoms with van der Waals surface area (Å²) in [7, 11) is 2.03. The van der Waals surface area contributed by atoms with E-state index in [9.17, 15) is 0 Å². The molecule has 0 amide bonds. The smallest absolute Gasteiger partial charge is 0.241 e. The van der Waals surface area contributed by atoms with Gasteiger partial charge in [0, 0.05) is 22.8 Å². The van der Waals surface area contributed by atoms with Gasteiger partial charge in [-0.25, -0.2) is 0 Å². The van der Waals surface area contributed by atoms with Crippen molar-refractivity contribution < 1.29 is 4.52 Å². The van der Waals surface area contributed by atoms with Crippen molar-refractivity contribution in [2.45, 2.75) is 38.8 Å². The fourth-order valence-electron chi connectivity index (χ4n) is 3.29. The lowest BCUT2D eigenvalue weighted by Crippen LogP contribution is -2.19. The number of nitrogens with one attached hydrogen (secondary N) is 1. The molecular formula is C18H20ClN5O. The van der Waals surface area contributed by atoms with Crippen LogP contribution >= 0.6 is 11.6 Å². The number of rotatable bonds is 5. The largest absolute Gasteiger partial charge is 0.338 e. The van der Waals surface area contributed by atoms with Crippen molar-refractivity contribution in [3.8, 4) is 11.4 Å². The van der Waals surface area contributed by atoms with E-state index in [4.69, 9.17) is 16.1 Å². The van der Waals surface area contributed by atoms with Gasteiger partial charge in [-0.15, -0.1) is 0 Å². The molecule has 0 aliphatic heterocycles. The number of benzene rings is 1. The summed E-state index contributed by atoms with van der Waals surface area (Å²) in [5, 5.41) is 12.4. The van der Waals surface area contributed by atoms with Crippen LogP contribution in [0.5, 0.6) is 0 Å². The molecule has 2 heterocycles. The van der Waals surface area contributed by atoms with Gasteiger partial charge < -0.3 is 4.52 Å². The van der Waals surface area contributed by atoms with Gasteiger partial charge in [0.1, 0.15) is 0 Å². The monoisotopic (exact) mass is 357 g/mol. The second kappa shape index (κ2) is 6.98. The Morgan fingerprint density at radius 2 is 2.12 bits per heavy atom. The summed E-state index contributed by atoms with van der Waals surface area (Å²) >= 11 is 6.02. The van der Waals surface area contributed by atoms with Crippen LogP contribution < -0.4 is 0 Å². The Balaban J connectivity index is 1.43. The molecule has 1 N–H and O–H groups in total. The molecule has 0 spiro atoms. The first kappa shape index (κ1) is 16.3. The van der Waals surface area contributed by atoms with Crippen LogP contribution in [0.15, 0.2) is 28.8 Å². The zero-order valence-electron chi connectivity index (χ0n) is 14.1. The molecule has 1 aliphatic carbocycles. The molecule has 0 saturated heterocycles. The molecule has 0 fully saturated rings. The van der Waals surface area contributed by atoms with E-state index in [1.807, 2.05) is 31.3 Å². The Kier molecular flexibility index (Phi) is 4.55. The number of hydrogen-bond acceptors (Lipinski definition) is 5. The van der Waals surface area contributed by atoms with E-state index in [0.717, 1.165) is 30.6 Å². The normalized spacial score (nSPS) is 14.0. The minimum absolute atomic E-state index is 0.558. The fourth-order valence-corrected chi connectivity index (χ4v) is 3.48. The van der Waals surface area contributed by atoms with Crippen molar-refractivity contribution in [3.63, 3.8) is 0 Å². The van der Waals surface area contributed by atoms with E-state index in [-0.39, 0.29) is 0 Å². The van der Waals surface area contributed by atoms with E-state index in [0.29, 0.717) is 23.3 Å². The lowest BCUT2D eigenvalue weighted by molar-refractivity contribution is 0.258. The zero-order valence-corrected chi connectivity index (χ0v) is 14.9. The lowest BCUT2D eigenvalue weighted by Gasteiger charge is -2.15. The number of aryl methyl sites for hydroxylation is 1. The Morgan fingerprint density at radius 1 is 1.24 bits per heavy atom. The molecule has 4 rings (SSSR count). The molecule has 7 heteroatoms. The van der Waals surface area contributed by atoms with Gasteiger partial charge in [0.25, 0.3) is 0 Å². The molecule has 0 atom stereocenters. The lowest BCUT2D eigenvalue weighted by atomic mass is 9.96. The van der Waals surface area contributed by atoms with E-state index < -0.39 is 0 Å². The molecular weight excluding hydrogens is 338 g/mol. The van der Waals surface area contributed by atoms with Crippen LogP contribution in [-0.2, 0) is 25.9 Å². The molecule has 130 valence electrons. The molecule has 25 heavy (non-hydrogen) atoms. The highest BCUT2D eigenvalue weighted by Crippen LogP contribution is 2.23. The van der Waals surface area contributed by atoms with Gasteiger partial charge in [-0.3, -0.25) is 10.00 Å². The molecule has 0 saturated carbocycles. The summed E-state index contributed by atoms with van der Waals surface area (Å²) in [6.07, 6.45) is 4.72. The number of nitrogens with zero attached hydrogens (tertiary/aromatic N) is 4. The van der Waals surface area contributed by atoms with Crippen molar-refractivity contribution >= 4 is 11.6 Å². The molecule has 0 unspecified atom stereocenters. The van der Waals surface area contributed by atoms with Gasteiger partial charge in [0.15, 0.2) is 0 Å². The van der Waals surface area contributed by atoms with Gasteiger partial charge in [0.2, 0.25) is 11.7 Å². The highest BCUT2D eigenvalue weighted by molar-refractivity contribution is 6.30. The molecule has 1 aliphatic rings. The number of hydrogen-bond donors (Lipinski definition) is 1. The van der Waals surface area contributed by atoms with Crippen LogP contribution in [0.1, 0.15) is 35.7 Å². The van der Waals surface area contributed by atoms with Crippen LogP contribution in [0.25, 0.3) is 11.4 Å². The van der Waals surface area contributed by atoms with Gasteiger partial charge in [-0.1, -0.05) is 28.9 Å². The standard InChI is InChI=1S/C18H20ClN5O/c1-24(10-16-14-7-2-3-8-15(14)21-22-16)11-17-20-18(23-25-17)12-5-4-6-13(19)9-12/h4-6,9H,2-3,7-8,10-11H2,1H3,(H,21,22). The molecule has 3 aromatic rings. The maximum absolute atomic E-state index is 6.02. The van der Waals surface area contributed by atoms with E-state index in [1.165, 1.54) is 24.1 Å². The Morgan fingerprint density at radius 3 is 3.00 bits per heavy atom. The SMILES string of the molecule is CN(Cc1nc(-c2cccc(Cl)c2)no1)Cc1n[nH]c2c1CCCC2. The molecule has 6 nitrogen and oxygen atoms in total. The molecule has 2 aromatic heterocycles. The summed E-state index contributed by atoms with van der Waals surface area (Å²) in [5.74, 6) is 1.14. The summed E-state index contributed by atoms with van der Waals surface area (Å²) in [5.41, 5.74) is 4.68. The Labute approximate surface area is 151 Å². The topological polar surface area (TPSA) is 70.8 Å². The van der Waals surface area contributed by atoms with Crippen LogP contribution in [0.3, 0.4) is 0 Å². The van der Waals surface area contributed by atoms with Crippen molar-refractivity contribution in [1.29, 1.82) is 0 Å². The van der Waals surface area contributed by atoms with Crippen LogP contribution in [0.4, 0.5) is 0 Å². The number of halogens is 1. The average Bonchev–Trinajstić information content (AvgIpc) is 3.23. The average molecular weight is 358 g/mol. The minimum atomic E-state index is 0.558. The van der Waals surface area contributed by atoms with E-state index >= 15 is 0 Å². The Hall–Kier alpha value is -2.18. The quantitative estimate of drug-likeness (QED) is 0.755. The van der Waals surface area contributed by atoms with Gasteiger partial charge >= 0.3 is 0 Å². The fraction of sp³-hybridized carbons (Fsp3) is 0.389. The summed E-state index contributed by atoms with van der Waals surface area (Å²) < 4.78 is 5.39. The predicted molar refractivity (Wildman–Crippen MR) is 95.1 cm³/mol. The molecule has 0 bridgehead atoms. The van der Waals surface area contributed by atoms with E-state index in [1.54, 1.807) is 0 Å².